The Morgan fingerprint density at radius 1 is 1.65 bits per heavy atom. The van der Waals surface area contributed by atoms with Crippen molar-refractivity contribution in [3.05, 3.63) is 23.3 Å². The molecule has 0 spiro atoms. The Bertz CT molecular complexity index is 629. The van der Waals surface area contributed by atoms with Crippen molar-refractivity contribution >= 4 is 34.2 Å². The number of carbonyl (C=O) groups is 1. The second kappa shape index (κ2) is 6.09. The fraction of sp³-hybridized carbons (Fsp3) is 0.429. The zero-order valence-corrected chi connectivity index (χ0v) is 12.7. The van der Waals surface area contributed by atoms with Crippen molar-refractivity contribution in [2.45, 2.75) is 20.3 Å². The number of aromatic nitrogens is 2. The van der Waals surface area contributed by atoms with Crippen LogP contribution in [0.5, 0.6) is 0 Å². The molecule has 0 amide bonds. The zero-order chi connectivity index (χ0) is 14.7. The van der Waals surface area contributed by atoms with E-state index in [-0.39, 0.29) is 0 Å². The predicted octanol–water partition coefficient (Wildman–Crippen LogP) is 2.98. The maximum atomic E-state index is 10.7. The van der Waals surface area contributed by atoms with Crippen molar-refractivity contribution in [1.82, 2.24) is 9.38 Å². The lowest BCUT2D eigenvalue weighted by molar-refractivity contribution is -0.131. The Balaban J connectivity index is 2.38. The summed E-state index contributed by atoms with van der Waals surface area (Å²) in [5.74, 6) is 0.441. The summed E-state index contributed by atoms with van der Waals surface area (Å²) >= 11 is 1.54. The molecule has 1 N–H and O–H groups in total. The Kier molecular flexibility index (Phi) is 4.44. The van der Waals surface area contributed by atoms with Crippen molar-refractivity contribution < 1.29 is 9.90 Å². The highest BCUT2D eigenvalue weighted by Gasteiger charge is 2.16. The van der Waals surface area contributed by atoms with Crippen LogP contribution in [0.15, 0.2) is 17.7 Å². The average molecular weight is 293 g/mol. The van der Waals surface area contributed by atoms with Crippen LogP contribution in [0.4, 0.5) is 5.82 Å². The number of thiazole rings is 1. The normalized spacial score (nSPS) is 13.2. The Hall–Kier alpha value is -1.82. The van der Waals surface area contributed by atoms with Gasteiger partial charge in [-0.1, -0.05) is 20.3 Å². The molecule has 20 heavy (non-hydrogen) atoms. The van der Waals surface area contributed by atoms with E-state index in [4.69, 9.17) is 5.11 Å². The zero-order valence-electron chi connectivity index (χ0n) is 11.9. The topological polar surface area (TPSA) is 57.8 Å². The number of carboxylic acid groups (broad SMARTS) is 1. The lowest BCUT2D eigenvalue weighted by Crippen LogP contribution is -2.24. The van der Waals surface area contributed by atoms with E-state index in [9.17, 15) is 4.79 Å². The van der Waals surface area contributed by atoms with E-state index in [1.807, 2.05) is 23.0 Å². The molecular formula is C14H19N3O2S. The van der Waals surface area contributed by atoms with Crippen LogP contribution in [0.3, 0.4) is 0 Å². The SMILES string of the molecule is CCC(C)CN(C)c1nc2sccn2c1/C=C/C(=O)O. The third kappa shape index (κ3) is 3.01. The molecule has 0 aliphatic rings. The van der Waals surface area contributed by atoms with E-state index in [2.05, 4.69) is 23.7 Å². The molecule has 0 saturated carbocycles. The van der Waals surface area contributed by atoms with Gasteiger partial charge in [-0.25, -0.2) is 9.78 Å². The van der Waals surface area contributed by atoms with Gasteiger partial charge in [-0.15, -0.1) is 11.3 Å². The van der Waals surface area contributed by atoms with Gasteiger partial charge < -0.3 is 10.0 Å². The molecular weight excluding hydrogens is 274 g/mol. The molecule has 0 aromatic carbocycles. The highest BCUT2D eigenvalue weighted by Crippen LogP contribution is 2.26. The predicted molar refractivity (Wildman–Crippen MR) is 82.5 cm³/mol. The minimum atomic E-state index is -0.953. The molecule has 1 unspecified atom stereocenters. The van der Waals surface area contributed by atoms with Crippen LogP contribution in [-0.4, -0.2) is 34.1 Å². The molecule has 0 radical (unpaired) electrons. The Morgan fingerprint density at radius 2 is 2.40 bits per heavy atom. The second-order valence-electron chi connectivity index (χ2n) is 4.94. The first-order valence-corrected chi connectivity index (χ1v) is 7.48. The molecule has 0 aliphatic carbocycles. The van der Waals surface area contributed by atoms with Gasteiger partial charge in [0, 0.05) is 31.2 Å². The van der Waals surface area contributed by atoms with Crippen LogP contribution in [0.1, 0.15) is 26.0 Å². The van der Waals surface area contributed by atoms with Crippen LogP contribution < -0.4 is 4.90 Å². The van der Waals surface area contributed by atoms with Gasteiger partial charge in [0.05, 0.1) is 5.69 Å². The number of aliphatic carboxylic acids is 1. The third-order valence-corrected chi connectivity index (χ3v) is 4.06. The molecule has 108 valence electrons. The number of anilines is 1. The molecule has 0 bridgehead atoms. The minimum Gasteiger partial charge on any atom is -0.478 e. The average Bonchev–Trinajstić information content (AvgIpc) is 2.96. The number of rotatable bonds is 6. The summed E-state index contributed by atoms with van der Waals surface area (Å²) in [5, 5.41) is 10.8. The van der Waals surface area contributed by atoms with Crippen molar-refractivity contribution in [3.8, 4) is 0 Å². The first-order valence-electron chi connectivity index (χ1n) is 6.60. The smallest absolute Gasteiger partial charge is 0.328 e. The monoisotopic (exact) mass is 293 g/mol. The Labute approximate surface area is 122 Å². The number of carboxylic acids is 1. The van der Waals surface area contributed by atoms with E-state index in [0.717, 1.165) is 35.5 Å². The van der Waals surface area contributed by atoms with Crippen LogP contribution in [0.2, 0.25) is 0 Å². The van der Waals surface area contributed by atoms with Crippen molar-refractivity contribution in [2.75, 3.05) is 18.5 Å². The maximum Gasteiger partial charge on any atom is 0.328 e. The molecule has 1 atom stereocenters. The standard InChI is InChI=1S/C14H19N3O2S/c1-4-10(2)9-16(3)13-11(5-6-12(18)19)17-7-8-20-14(17)15-13/h5-8,10H,4,9H2,1-3H3,(H,18,19)/b6-5+. The second-order valence-corrected chi connectivity index (χ2v) is 5.81. The van der Waals surface area contributed by atoms with Crippen LogP contribution in [0.25, 0.3) is 11.0 Å². The quantitative estimate of drug-likeness (QED) is 0.832. The van der Waals surface area contributed by atoms with Crippen molar-refractivity contribution in [1.29, 1.82) is 0 Å². The van der Waals surface area contributed by atoms with E-state index in [1.54, 1.807) is 17.4 Å². The first kappa shape index (κ1) is 14.6. The van der Waals surface area contributed by atoms with Gasteiger partial charge in [-0.05, 0) is 12.0 Å². The molecule has 0 fully saturated rings. The lowest BCUT2D eigenvalue weighted by Gasteiger charge is -2.21. The van der Waals surface area contributed by atoms with Gasteiger partial charge in [-0.2, -0.15) is 0 Å². The van der Waals surface area contributed by atoms with Crippen LogP contribution in [-0.2, 0) is 4.79 Å². The number of fused-ring (bicyclic) bond motifs is 1. The van der Waals surface area contributed by atoms with E-state index >= 15 is 0 Å². The van der Waals surface area contributed by atoms with Gasteiger partial charge in [-0.3, -0.25) is 4.40 Å². The van der Waals surface area contributed by atoms with Gasteiger partial charge in [0.25, 0.3) is 0 Å². The Morgan fingerprint density at radius 3 is 3.05 bits per heavy atom. The van der Waals surface area contributed by atoms with Crippen LogP contribution >= 0.6 is 11.3 Å². The highest BCUT2D eigenvalue weighted by molar-refractivity contribution is 7.15. The molecule has 2 heterocycles. The number of imidazole rings is 1. The first-order chi connectivity index (χ1) is 9.52. The highest BCUT2D eigenvalue weighted by atomic mass is 32.1. The molecule has 0 saturated heterocycles. The number of hydrogen-bond donors (Lipinski definition) is 1. The fourth-order valence-electron chi connectivity index (χ4n) is 2.06. The van der Waals surface area contributed by atoms with Crippen LogP contribution in [0, 0.1) is 5.92 Å². The summed E-state index contributed by atoms with van der Waals surface area (Å²) in [4.78, 5) is 18.3. The van der Waals surface area contributed by atoms with E-state index in [1.165, 1.54) is 0 Å². The summed E-state index contributed by atoms with van der Waals surface area (Å²) in [6, 6.07) is 0. The number of nitrogens with zero attached hydrogens (tertiary/aromatic N) is 3. The van der Waals surface area contributed by atoms with Crippen molar-refractivity contribution in [2.24, 2.45) is 5.92 Å². The third-order valence-electron chi connectivity index (χ3n) is 3.31. The molecule has 0 aliphatic heterocycles. The summed E-state index contributed by atoms with van der Waals surface area (Å²) in [5.41, 5.74) is 0.814. The largest absolute Gasteiger partial charge is 0.478 e. The summed E-state index contributed by atoms with van der Waals surface area (Å²) in [7, 11) is 2.00. The fourth-order valence-corrected chi connectivity index (χ4v) is 2.78. The molecule has 6 heteroatoms. The van der Waals surface area contributed by atoms with Crippen molar-refractivity contribution in [3.63, 3.8) is 0 Å². The molecule has 5 nitrogen and oxygen atoms in total. The number of hydrogen-bond acceptors (Lipinski definition) is 4. The van der Waals surface area contributed by atoms with Gasteiger partial charge in [0.15, 0.2) is 10.8 Å². The van der Waals surface area contributed by atoms with Gasteiger partial charge in [0.2, 0.25) is 0 Å². The molecule has 2 rings (SSSR count). The van der Waals surface area contributed by atoms with Gasteiger partial charge >= 0.3 is 5.97 Å². The molecule has 2 aromatic heterocycles. The summed E-state index contributed by atoms with van der Waals surface area (Å²) < 4.78 is 1.92. The summed E-state index contributed by atoms with van der Waals surface area (Å²) in [6.45, 7) is 5.26. The maximum absolute atomic E-state index is 10.7. The van der Waals surface area contributed by atoms with E-state index in [0.29, 0.717) is 5.92 Å². The summed E-state index contributed by atoms with van der Waals surface area (Å²) in [6.07, 6.45) is 5.78. The van der Waals surface area contributed by atoms with E-state index < -0.39 is 5.97 Å². The van der Waals surface area contributed by atoms with Gasteiger partial charge in [0.1, 0.15) is 0 Å². The molecule has 2 aromatic rings. The minimum absolute atomic E-state index is 0.566. The lowest BCUT2D eigenvalue weighted by atomic mass is 10.1.